The van der Waals surface area contributed by atoms with Crippen molar-refractivity contribution in [2.75, 3.05) is 0 Å². The van der Waals surface area contributed by atoms with Crippen LogP contribution in [0.4, 0.5) is 105 Å². The first-order valence-corrected chi connectivity index (χ1v) is 28.0. The first-order valence-electron chi connectivity index (χ1n) is 28.0. The average Bonchev–Trinajstić information content (AvgIpc) is 1.55. The molecule has 0 unspecified atom stereocenters. The molecule has 28 heteroatoms. The number of nitrogens with zero attached hydrogens (tertiary/aromatic N) is 4. The highest BCUT2D eigenvalue weighted by Crippen LogP contribution is 2.51. The van der Waals surface area contributed by atoms with Crippen molar-refractivity contribution in [1.29, 1.82) is 10.5 Å². The van der Waals surface area contributed by atoms with Gasteiger partial charge >= 0.3 is 49.4 Å². The van der Waals surface area contributed by atoms with E-state index in [0.717, 1.165) is 72.8 Å². The third-order valence-corrected chi connectivity index (χ3v) is 16.4. The second-order valence-corrected chi connectivity index (χ2v) is 22.3. The topological polar surface area (TPSA) is 57.4 Å². The molecule has 0 aliphatic carbocycles. The summed E-state index contributed by atoms with van der Waals surface area (Å²) in [6.07, 6.45) is -43.2. The van der Waals surface area contributed by atoms with Crippen LogP contribution in [0.1, 0.15) is 55.6 Å². The molecule has 12 rings (SSSR count). The van der Waals surface area contributed by atoms with Gasteiger partial charge in [0.1, 0.15) is 11.6 Å². The van der Waals surface area contributed by atoms with Gasteiger partial charge in [-0.15, -0.1) is 0 Å². The zero-order chi connectivity index (χ0) is 71.1. The standard InChI is InChI=1S/C70H30F24N4/c71-63(72,73)39-8-12-43(53(27-39)67(83,84)85)35-4-17-57-48(23-35)49-24-36(44-13-9-40(64(74,75)76)28-54(44)68(86,87)88)5-18-58(49)97(57)61-21-16-47(34-3-1-2-33(22-34)31-95)62(52(61)32-96)98-59-19-6-37(45-14-10-41(65(77,78)79)29-55(45)69(89,90)91)25-50(59)51-26-38(7-20-60(51)98)46-15-11-42(66(80,81)82)30-56(46)70(92,93)94/h1-30H. The van der Waals surface area contributed by atoms with Crippen LogP contribution in [0.3, 0.4) is 0 Å². The Labute approximate surface area is 533 Å². The predicted molar refractivity (Wildman–Crippen MR) is 312 cm³/mol. The van der Waals surface area contributed by atoms with Gasteiger partial charge in [0.2, 0.25) is 0 Å². The molecule has 0 atom stereocenters. The fourth-order valence-electron chi connectivity index (χ4n) is 12.1. The lowest BCUT2D eigenvalue weighted by molar-refractivity contribution is -0.144. The molecule has 0 aliphatic heterocycles. The zero-order valence-electron chi connectivity index (χ0n) is 48.2. The Kier molecular flexibility index (Phi) is 15.7. The van der Waals surface area contributed by atoms with Crippen LogP contribution in [0, 0.1) is 22.7 Å². The summed E-state index contributed by atoms with van der Waals surface area (Å²) in [4.78, 5) is 0. The van der Waals surface area contributed by atoms with Crippen molar-refractivity contribution < 1.29 is 105 Å². The fourth-order valence-corrected chi connectivity index (χ4v) is 12.1. The number of halogens is 24. The van der Waals surface area contributed by atoms with Crippen LogP contribution in [0.2, 0.25) is 0 Å². The molecular weight excluding hydrogens is 1350 g/mol. The summed E-state index contributed by atoms with van der Waals surface area (Å²) in [7, 11) is 0. The van der Waals surface area contributed by atoms with E-state index in [0.29, 0.717) is 48.5 Å². The highest BCUT2D eigenvalue weighted by molar-refractivity contribution is 6.14. The van der Waals surface area contributed by atoms with E-state index in [4.69, 9.17) is 0 Å². The smallest absolute Gasteiger partial charge is 0.308 e. The number of hydrogen-bond donors (Lipinski definition) is 0. The second kappa shape index (κ2) is 22.9. The van der Waals surface area contributed by atoms with Crippen molar-refractivity contribution in [1.82, 2.24) is 9.13 Å². The number of fused-ring (bicyclic) bond motifs is 6. The number of aromatic nitrogens is 2. The number of hydrogen-bond acceptors (Lipinski definition) is 2. The Hall–Kier alpha value is -10.9. The van der Waals surface area contributed by atoms with Gasteiger partial charge in [-0.25, -0.2) is 0 Å². The lowest BCUT2D eigenvalue weighted by Gasteiger charge is -2.20. The molecule has 98 heavy (non-hydrogen) atoms. The van der Waals surface area contributed by atoms with Crippen LogP contribution >= 0.6 is 0 Å². The number of alkyl halides is 24. The zero-order valence-corrected chi connectivity index (χ0v) is 48.2. The summed E-state index contributed by atoms with van der Waals surface area (Å²) in [5.74, 6) is 0. The Morgan fingerprint density at radius 3 is 0.816 bits per heavy atom. The number of nitriles is 2. The summed E-state index contributed by atoms with van der Waals surface area (Å²) in [5.41, 5.74) is -21.2. The molecule has 0 aliphatic rings. The fraction of sp³-hybridized carbons (Fsp3) is 0.114. The number of rotatable bonds is 7. The van der Waals surface area contributed by atoms with E-state index in [1.807, 2.05) is 6.07 Å². The molecule has 0 saturated carbocycles. The molecule has 0 bridgehead atoms. The van der Waals surface area contributed by atoms with E-state index in [2.05, 4.69) is 6.07 Å². The molecule has 0 amide bonds. The second-order valence-electron chi connectivity index (χ2n) is 22.3. The van der Waals surface area contributed by atoms with Crippen molar-refractivity contribution in [3.05, 3.63) is 238 Å². The quantitative estimate of drug-likeness (QED) is 0.149. The third kappa shape index (κ3) is 12.0. The molecule has 2 heterocycles. The summed E-state index contributed by atoms with van der Waals surface area (Å²) in [6, 6.07) is 27.3. The van der Waals surface area contributed by atoms with Crippen molar-refractivity contribution in [3.63, 3.8) is 0 Å². The van der Waals surface area contributed by atoms with Gasteiger partial charge in [0.25, 0.3) is 0 Å². The van der Waals surface area contributed by atoms with Gasteiger partial charge in [-0.3, -0.25) is 0 Å². The first kappa shape index (κ1) is 67.1. The van der Waals surface area contributed by atoms with Crippen molar-refractivity contribution >= 4 is 43.6 Å². The Balaban J connectivity index is 1.21. The summed E-state index contributed by atoms with van der Waals surface area (Å²) >= 11 is 0. The van der Waals surface area contributed by atoms with Crippen LogP contribution in [0.5, 0.6) is 0 Å². The molecule has 0 fully saturated rings. The molecule has 10 aromatic carbocycles. The lowest BCUT2D eigenvalue weighted by Crippen LogP contribution is -2.12. The molecule has 4 nitrogen and oxygen atoms in total. The van der Waals surface area contributed by atoms with Gasteiger partial charge in [0.15, 0.2) is 0 Å². The monoisotopic (exact) mass is 1380 g/mol. The van der Waals surface area contributed by atoms with E-state index in [1.54, 1.807) is 0 Å². The predicted octanol–water partition coefficient (Wildman–Crippen LogP) is 24.1. The largest absolute Gasteiger partial charge is 0.417 e. The molecule has 0 saturated heterocycles. The van der Waals surface area contributed by atoms with Crippen LogP contribution < -0.4 is 0 Å². The Morgan fingerprint density at radius 2 is 0.541 bits per heavy atom. The molecule has 12 aromatic rings. The van der Waals surface area contributed by atoms with Gasteiger partial charge in [-0.05, 0) is 165 Å². The highest BCUT2D eigenvalue weighted by Gasteiger charge is 2.43. The minimum atomic E-state index is -5.50. The van der Waals surface area contributed by atoms with Gasteiger partial charge in [0, 0.05) is 27.1 Å². The minimum absolute atomic E-state index is 0.0287. The van der Waals surface area contributed by atoms with Gasteiger partial charge in [-0.2, -0.15) is 116 Å². The molecule has 0 radical (unpaired) electrons. The van der Waals surface area contributed by atoms with E-state index < -0.39 is 144 Å². The SMILES string of the molecule is N#Cc1cccc(-c2ccc(-n3c4ccc(-c5ccc(C(F)(F)F)cc5C(F)(F)F)cc4c4cc(-c5ccc(C(F)(F)F)cc5C(F)(F)F)ccc43)c(C#N)c2-n2c3ccc(-c4ccc(C(F)(F)F)cc4C(F)(F)F)cc3c3cc(-c4ccc(C(F)(F)F)cc4C(F)(F)F)ccc32)c1. The van der Waals surface area contributed by atoms with Gasteiger partial charge < -0.3 is 9.13 Å². The summed E-state index contributed by atoms with van der Waals surface area (Å²) in [5, 5.41) is 21.0. The molecule has 0 N–H and O–H groups in total. The van der Waals surface area contributed by atoms with E-state index >= 15 is 0 Å². The average molecular weight is 1380 g/mol. The first-order chi connectivity index (χ1) is 45.6. The minimum Gasteiger partial charge on any atom is -0.308 e. The number of benzene rings is 10. The van der Waals surface area contributed by atoms with Gasteiger partial charge in [-0.1, -0.05) is 66.7 Å². The maximum atomic E-state index is 14.9. The molecule has 498 valence electrons. The molecular formula is C70H30F24N4. The van der Waals surface area contributed by atoms with Crippen molar-refractivity contribution in [2.24, 2.45) is 0 Å². The summed E-state index contributed by atoms with van der Waals surface area (Å²) < 4.78 is 349. The molecule has 2 aromatic heterocycles. The lowest BCUT2D eigenvalue weighted by atomic mass is 9.94. The van der Waals surface area contributed by atoms with Crippen LogP contribution in [-0.2, 0) is 49.4 Å². The van der Waals surface area contributed by atoms with E-state index in [1.165, 1.54) is 45.5 Å². The normalized spacial score (nSPS) is 13.1. The van der Waals surface area contributed by atoms with E-state index in [-0.39, 0.29) is 95.9 Å². The maximum absolute atomic E-state index is 14.9. The maximum Gasteiger partial charge on any atom is 0.417 e. The van der Waals surface area contributed by atoms with Crippen LogP contribution in [0.25, 0.3) is 111 Å². The highest BCUT2D eigenvalue weighted by atomic mass is 19.4. The molecule has 0 spiro atoms. The van der Waals surface area contributed by atoms with Crippen molar-refractivity contribution in [3.8, 4) is 79.1 Å². The van der Waals surface area contributed by atoms with Crippen LogP contribution in [-0.4, -0.2) is 9.13 Å². The van der Waals surface area contributed by atoms with E-state index in [9.17, 15) is 116 Å². The summed E-state index contributed by atoms with van der Waals surface area (Å²) in [6.45, 7) is 0. The van der Waals surface area contributed by atoms with Crippen molar-refractivity contribution in [2.45, 2.75) is 49.4 Å². The van der Waals surface area contributed by atoms with Gasteiger partial charge in [0.05, 0.1) is 89.6 Å². The Bertz CT molecular complexity index is 5090. The van der Waals surface area contributed by atoms with Crippen LogP contribution in [0.15, 0.2) is 182 Å². The third-order valence-electron chi connectivity index (χ3n) is 16.4. The Morgan fingerprint density at radius 1 is 0.255 bits per heavy atom.